The van der Waals surface area contributed by atoms with E-state index in [2.05, 4.69) is 46.7 Å². The van der Waals surface area contributed by atoms with E-state index in [9.17, 15) is 0 Å². The van der Waals surface area contributed by atoms with Gasteiger partial charge in [-0.3, -0.25) is 4.68 Å². The van der Waals surface area contributed by atoms with E-state index < -0.39 is 0 Å². The number of hydrogen-bond donors (Lipinski definition) is 0. The number of hydrogen-bond acceptors (Lipinski definition) is 2. The molecule has 3 atom stereocenters. The number of ether oxygens (including phenoxy) is 1. The van der Waals surface area contributed by atoms with Gasteiger partial charge in [-0.1, -0.05) is 22.9 Å². The summed E-state index contributed by atoms with van der Waals surface area (Å²) in [7, 11) is 0. The summed E-state index contributed by atoms with van der Waals surface area (Å²) in [4.78, 5) is 0. The molecule has 0 bridgehead atoms. The second-order valence-electron chi connectivity index (χ2n) is 6.60. The Hall–Kier alpha value is -0.350. The van der Waals surface area contributed by atoms with E-state index in [0.29, 0.717) is 12.1 Å². The van der Waals surface area contributed by atoms with E-state index >= 15 is 0 Å². The Morgan fingerprint density at radius 2 is 2.35 bits per heavy atom. The Labute approximate surface area is 130 Å². The van der Waals surface area contributed by atoms with Crippen molar-refractivity contribution in [1.82, 2.24) is 9.78 Å². The van der Waals surface area contributed by atoms with Crippen molar-refractivity contribution in [2.24, 2.45) is 11.3 Å². The quantitative estimate of drug-likeness (QED) is 0.732. The zero-order chi connectivity index (χ0) is 14.2. The van der Waals surface area contributed by atoms with Gasteiger partial charge < -0.3 is 4.74 Å². The minimum absolute atomic E-state index is 0.260. The summed E-state index contributed by atoms with van der Waals surface area (Å²) < 4.78 is 8.18. The van der Waals surface area contributed by atoms with Crippen LogP contribution in [0.15, 0.2) is 12.3 Å². The van der Waals surface area contributed by atoms with Crippen LogP contribution < -0.4 is 0 Å². The van der Waals surface area contributed by atoms with Gasteiger partial charge >= 0.3 is 0 Å². The molecule has 112 valence electrons. The van der Waals surface area contributed by atoms with Gasteiger partial charge in [-0.2, -0.15) is 5.10 Å². The molecule has 0 N–H and O–H groups in total. The Bertz CT molecular complexity index is 457. The van der Waals surface area contributed by atoms with Crippen molar-refractivity contribution in [2.45, 2.75) is 58.1 Å². The zero-order valence-electron chi connectivity index (χ0n) is 12.5. The molecule has 0 spiro atoms. The van der Waals surface area contributed by atoms with Crippen LogP contribution in [0.25, 0.3) is 0 Å². The normalized spacial score (nSPS) is 31.6. The van der Waals surface area contributed by atoms with Crippen molar-refractivity contribution < 1.29 is 4.74 Å². The number of rotatable bonds is 6. The van der Waals surface area contributed by atoms with Gasteiger partial charge in [0.25, 0.3) is 0 Å². The highest BCUT2D eigenvalue weighted by atomic mass is 79.9. The Morgan fingerprint density at radius 3 is 3.00 bits per heavy atom. The number of aromatic nitrogens is 2. The lowest BCUT2D eigenvalue weighted by Gasteiger charge is -2.32. The molecule has 0 radical (unpaired) electrons. The minimum atomic E-state index is 0.260. The molecule has 1 aliphatic carbocycles. The van der Waals surface area contributed by atoms with Crippen LogP contribution in [0.1, 0.15) is 51.3 Å². The fraction of sp³-hybridized carbons (Fsp3) is 0.812. The maximum Gasteiger partial charge on any atom is 0.0672 e. The lowest BCUT2D eigenvalue weighted by Crippen LogP contribution is -2.36. The molecule has 20 heavy (non-hydrogen) atoms. The molecule has 1 saturated carbocycles. The van der Waals surface area contributed by atoms with E-state index in [0.717, 1.165) is 37.1 Å². The Balaban J connectivity index is 1.75. The molecule has 2 heterocycles. The molecular formula is C16H25BrN2O. The van der Waals surface area contributed by atoms with Crippen LogP contribution in [0.3, 0.4) is 0 Å². The van der Waals surface area contributed by atoms with Crippen molar-refractivity contribution >= 4 is 15.9 Å². The SMILES string of the molecule is CCC(C)n1ccc(CC2(CBr)CCOC2C2CC2)n1. The first kappa shape index (κ1) is 14.6. The third kappa shape index (κ3) is 2.69. The third-order valence-electron chi connectivity index (χ3n) is 5.06. The van der Waals surface area contributed by atoms with Gasteiger partial charge in [-0.05, 0) is 44.6 Å². The van der Waals surface area contributed by atoms with Gasteiger partial charge in [0, 0.05) is 36.0 Å². The monoisotopic (exact) mass is 340 g/mol. The second-order valence-corrected chi connectivity index (χ2v) is 7.16. The maximum atomic E-state index is 6.07. The fourth-order valence-corrected chi connectivity index (χ4v) is 4.18. The topological polar surface area (TPSA) is 27.1 Å². The van der Waals surface area contributed by atoms with Crippen LogP contribution in [-0.4, -0.2) is 27.8 Å². The molecule has 1 aromatic heterocycles. The number of halogens is 1. The van der Waals surface area contributed by atoms with E-state index in [-0.39, 0.29) is 5.41 Å². The largest absolute Gasteiger partial charge is 0.377 e. The van der Waals surface area contributed by atoms with Crippen molar-refractivity contribution in [3.8, 4) is 0 Å². The van der Waals surface area contributed by atoms with E-state index in [4.69, 9.17) is 9.84 Å². The summed E-state index contributed by atoms with van der Waals surface area (Å²) in [5.41, 5.74) is 1.48. The first-order chi connectivity index (χ1) is 9.68. The number of nitrogens with zero attached hydrogens (tertiary/aromatic N) is 2. The second kappa shape index (κ2) is 5.80. The minimum Gasteiger partial charge on any atom is -0.377 e. The van der Waals surface area contributed by atoms with Crippen molar-refractivity contribution in [1.29, 1.82) is 0 Å². The van der Waals surface area contributed by atoms with Crippen LogP contribution >= 0.6 is 15.9 Å². The molecule has 1 aliphatic heterocycles. The molecule has 3 unspecified atom stereocenters. The summed E-state index contributed by atoms with van der Waals surface area (Å²) >= 11 is 3.76. The molecule has 2 aliphatic rings. The van der Waals surface area contributed by atoms with E-state index in [1.54, 1.807) is 0 Å². The summed E-state index contributed by atoms with van der Waals surface area (Å²) in [6.45, 7) is 5.35. The van der Waals surface area contributed by atoms with Gasteiger partial charge in [-0.15, -0.1) is 0 Å². The van der Waals surface area contributed by atoms with Gasteiger partial charge in [0.05, 0.1) is 11.8 Å². The highest BCUT2D eigenvalue weighted by Gasteiger charge is 2.50. The van der Waals surface area contributed by atoms with Crippen LogP contribution in [0.4, 0.5) is 0 Å². The summed E-state index contributed by atoms with van der Waals surface area (Å²) in [5, 5.41) is 5.82. The van der Waals surface area contributed by atoms with Gasteiger partial charge in [-0.25, -0.2) is 0 Å². The molecule has 1 saturated heterocycles. The van der Waals surface area contributed by atoms with Crippen LogP contribution in [-0.2, 0) is 11.2 Å². The third-order valence-corrected chi connectivity index (χ3v) is 6.17. The summed E-state index contributed by atoms with van der Waals surface area (Å²) in [6, 6.07) is 2.68. The molecule has 0 aromatic carbocycles. The molecule has 2 fully saturated rings. The van der Waals surface area contributed by atoms with Crippen molar-refractivity contribution in [3.63, 3.8) is 0 Å². The molecule has 4 heteroatoms. The highest BCUT2D eigenvalue weighted by Crippen LogP contribution is 2.50. The smallest absolute Gasteiger partial charge is 0.0672 e. The fourth-order valence-electron chi connectivity index (χ4n) is 3.39. The van der Waals surface area contributed by atoms with Gasteiger partial charge in [0.15, 0.2) is 0 Å². The van der Waals surface area contributed by atoms with Crippen LogP contribution in [0.5, 0.6) is 0 Å². The molecule has 0 amide bonds. The van der Waals surface area contributed by atoms with Crippen molar-refractivity contribution in [3.05, 3.63) is 18.0 Å². The average molecular weight is 341 g/mol. The van der Waals surface area contributed by atoms with Crippen LogP contribution in [0.2, 0.25) is 0 Å². The molecule has 3 nitrogen and oxygen atoms in total. The van der Waals surface area contributed by atoms with E-state index in [1.807, 2.05) is 0 Å². The molecule has 3 rings (SSSR count). The Kier molecular flexibility index (Phi) is 4.23. The average Bonchev–Trinajstić information content (AvgIpc) is 3.06. The van der Waals surface area contributed by atoms with Gasteiger partial charge in [0.2, 0.25) is 0 Å². The lowest BCUT2D eigenvalue weighted by atomic mass is 9.77. The standard InChI is InChI=1S/C16H25BrN2O/c1-3-12(2)19-8-6-14(18-19)10-16(11-17)7-9-20-15(16)13-4-5-13/h6,8,12-13,15H,3-5,7,9-11H2,1-2H3. The first-order valence-corrected chi connectivity index (χ1v) is 9.02. The van der Waals surface area contributed by atoms with E-state index in [1.165, 1.54) is 18.5 Å². The summed E-state index contributed by atoms with van der Waals surface area (Å²) in [5.74, 6) is 0.798. The highest BCUT2D eigenvalue weighted by molar-refractivity contribution is 9.09. The first-order valence-electron chi connectivity index (χ1n) is 7.90. The molecular weight excluding hydrogens is 316 g/mol. The predicted molar refractivity (Wildman–Crippen MR) is 84.2 cm³/mol. The Morgan fingerprint density at radius 1 is 1.55 bits per heavy atom. The predicted octanol–water partition coefficient (Wildman–Crippen LogP) is 3.98. The lowest BCUT2D eigenvalue weighted by molar-refractivity contribution is 0.0409. The maximum absolute atomic E-state index is 6.07. The van der Waals surface area contributed by atoms with Crippen molar-refractivity contribution in [2.75, 3.05) is 11.9 Å². The van der Waals surface area contributed by atoms with Crippen LogP contribution in [0, 0.1) is 11.3 Å². The molecule has 1 aromatic rings. The van der Waals surface area contributed by atoms with Gasteiger partial charge in [0.1, 0.15) is 0 Å². The number of alkyl halides is 1. The summed E-state index contributed by atoms with van der Waals surface area (Å²) in [6.07, 6.45) is 8.60. The zero-order valence-corrected chi connectivity index (χ0v) is 14.1.